The van der Waals surface area contributed by atoms with Crippen LogP contribution in [0.3, 0.4) is 0 Å². The molecule has 13 heteroatoms. The van der Waals surface area contributed by atoms with E-state index >= 15 is 0 Å². The Morgan fingerprint density at radius 3 is 1.50 bits per heavy atom. The van der Waals surface area contributed by atoms with E-state index in [1.807, 2.05) is 46.5 Å². The second-order valence-corrected chi connectivity index (χ2v) is 23.5. The van der Waals surface area contributed by atoms with E-state index in [2.05, 4.69) is 57.1 Å². The summed E-state index contributed by atoms with van der Waals surface area (Å²) < 4.78 is 13.3. The fourth-order valence-corrected chi connectivity index (χ4v) is 6.78. The highest BCUT2D eigenvalue weighted by molar-refractivity contribution is 6.74. The zero-order chi connectivity index (χ0) is 49.3. The molecule has 0 fully saturated rings. The number of carbonyl (C=O) groups excluding carboxylic acids is 2. The molecule has 66 heavy (non-hydrogen) atoms. The second kappa shape index (κ2) is 50.9. The number of hydrogen-bond acceptors (Lipinski definition) is 7. The SMILES string of the molecule is C.C=CCCCCCCCCCC.CCCCCCCCCCCCN=[N+]=[N-].CCCCCCCCCCCCNC(=O)OC(C)(C)C.C[Si](C)(C)N=[N+]=[N-].O=C1OC(O)c2ccccc21. The minimum absolute atomic E-state index is 0. The minimum Gasteiger partial charge on any atom is -0.444 e. The summed E-state index contributed by atoms with van der Waals surface area (Å²) in [5, 5.41) is 15.4. The second-order valence-electron chi connectivity index (χ2n) is 19.0. The first kappa shape index (κ1) is 69.1. The van der Waals surface area contributed by atoms with Crippen LogP contribution in [0.5, 0.6) is 0 Å². The molecule has 0 radical (unpaired) electrons. The molecule has 1 aliphatic heterocycles. The van der Waals surface area contributed by atoms with Crippen LogP contribution in [0.15, 0.2) is 46.8 Å². The fourth-order valence-electron chi connectivity index (χ4n) is 6.52. The molecule has 1 heterocycles. The number of allylic oxidation sites excluding steroid dienone is 1. The number of nitrogens with one attached hydrogen (secondary N) is 1. The molecule has 12 nitrogen and oxygen atoms in total. The van der Waals surface area contributed by atoms with Crippen LogP contribution in [0, 0.1) is 0 Å². The van der Waals surface area contributed by atoms with Crippen LogP contribution in [0.4, 0.5) is 4.79 Å². The lowest BCUT2D eigenvalue weighted by Crippen LogP contribution is -2.32. The molecule has 0 aliphatic carbocycles. The molecule has 1 aliphatic rings. The highest BCUT2D eigenvalue weighted by atomic mass is 28.3. The van der Waals surface area contributed by atoms with Gasteiger partial charge in [0, 0.05) is 23.6 Å². The van der Waals surface area contributed by atoms with E-state index in [0.717, 1.165) is 19.4 Å². The van der Waals surface area contributed by atoms with Crippen molar-refractivity contribution < 1.29 is 24.2 Å². The quantitative estimate of drug-likeness (QED) is 0.0138. The molecule has 1 unspecified atom stereocenters. The zero-order valence-corrected chi connectivity index (χ0v) is 44.4. The molecule has 1 atom stereocenters. The van der Waals surface area contributed by atoms with Crippen LogP contribution in [0.25, 0.3) is 20.9 Å². The predicted octanol–water partition coefficient (Wildman–Crippen LogP) is 19.0. The van der Waals surface area contributed by atoms with Crippen LogP contribution in [0.2, 0.25) is 19.6 Å². The number of benzene rings is 1. The third kappa shape index (κ3) is 54.8. The lowest BCUT2D eigenvalue weighted by atomic mass is 10.1. The van der Waals surface area contributed by atoms with Gasteiger partial charge in [0.05, 0.1) is 5.56 Å². The van der Waals surface area contributed by atoms with Crippen molar-refractivity contribution in [2.75, 3.05) is 13.1 Å². The highest BCUT2D eigenvalue weighted by Crippen LogP contribution is 2.27. The number of azide groups is 2. The summed E-state index contributed by atoms with van der Waals surface area (Å²) in [7, 11) is -1.45. The van der Waals surface area contributed by atoms with Gasteiger partial charge in [-0.25, -0.2) is 9.59 Å². The number of carbonyl (C=O) groups is 2. The average molecular weight is 947 g/mol. The van der Waals surface area contributed by atoms with Crippen molar-refractivity contribution in [3.63, 3.8) is 0 Å². The molecule has 2 N–H and O–H groups in total. The molecule has 0 bridgehead atoms. The number of ether oxygens (including phenoxy) is 2. The summed E-state index contributed by atoms with van der Waals surface area (Å²) in [6.45, 7) is 23.5. The van der Waals surface area contributed by atoms with Crippen LogP contribution in [-0.2, 0) is 9.47 Å². The van der Waals surface area contributed by atoms with Crippen molar-refractivity contribution in [2.45, 2.75) is 267 Å². The van der Waals surface area contributed by atoms with Crippen molar-refractivity contribution in [1.29, 1.82) is 0 Å². The summed E-state index contributed by atoms with van der Waals surface area (Å²) >= 11 is 0. The molecule has 1 aromatic rings. The number of aliphatic hydroxyl groups is 1. The number of nitrogens with zero attached hydrogens (tertiary/aromatic N) is 6. The Kier molecular flexibility index (Phi) is 53.3. The van der Waals surface area contributed by atoms with E-state index in [1.54, 1.807) is 24.3 Å². The molecular formula is C53H103N7O5Si. The van der Waals surface area contributed by atoms with Crippen molar-refractivity contribution in [2.24, 2.45) is 9.89 Å². The van der Waals surface area contributed by atoms with Gasteiger partial charge in [-0.2, -0.15) is 0 Å². The number of amides is 1. The number of aliphatic hydroxyl groups excluding tert-OH is 1. The molecule has 1 amide bonds. The van der Waals surface area contributed by atoms with Gasteiger partial charge in [0.15, 0.2) is 0 Å². The van der Waals surface area contributed by atoms with Gasteiger partial charge >= 0.3 is 12.1 Å². The van der Waals surface area contributed by atoms with Gasteiger partial charge in [0.1, 0.15) is 13.8 Å². The van der Waals surface area contributed by atoms with Crippen LogP contribution in [0.1, 0.15) is 257 Å². The summed E-state index contributed by atoms with van der Waals surface area (Å²) in [5.74, 6) is -0.451. The third-order valence-corrected chi connectivity index (χ3v) is 10.8. The highest BCUT2D eigenvalue weighted by Gasteiger charge is 2.28. The number of cyclic esters (lactones) is 1. The molecule has 0 saturated carbocycles. The summed E-state index contributed by atoms with van der Waals surface area (Å²) in [5.41, 5.74) is 16.6. The van der Waals surface area contributed by atoms with E-state index in [-0.39, 0.29) is 13.5 Å². The molecule has 1 aromatic carbocycles. The van der Waals surface area contributed by atoms with Crippen molar-refractivity contribution in [3.8, 4) is 0 Å². The first-order valence-electron chi connectivity index (χ1n) is 25.8. The van der Waals surface area contributed by atoms with Crippen molar-refractivity contribution >= 4 is 20.3 Å². The zero-order valence-electron chi connectivity index (χ0n) is 43.4. The van der Waals surface area contributed by atoms with E-state index in [0.29, 0.717) is 17.7 Å². The maximum absolute atomic E-state index is 11.4. The summed E-state index contributed by atoms with van der Waals surface area (Å²) in [6.07, 6.45) is 39.5. The van der Waals surface area contributed by atoms with Gasteiger partial charge in [0.25, 0.3) is 0 Å². The van der Waals surface area contributed by atoms with Gasteiger partial charge in [-0.1, -0.05) is 238 Å². The van der Waals surface area contributed by atoms with Crippen LogP contribution >= 0.6 is 0 Å². The standard InChI is InChI=1S/C17H35NO2.C12H25N3.C12H24.C8H6O3.C3H9N3Si.CH4/c1-5-6-7-8-9-10-11-12-13-14-15-18-16(19)20-17(2,3)4;1-2-3-4-5-6-7-8-9-10-11-12-14-15-13;1-3-5-7-9-11-12-10-8-6-4-2;9-7-5-3-1-2-4-6(5)8(10)11-7;1-7(2,3)6-5-4;/h5-15H2,1-4H3,(H,18,19);2-12H2,1H3;3H,1,4-12H2,2H3;1-4,7,9H;1-3H3;1H4. The number of hydrogen-bond donors (Lipinski definition) is 2. The van der Waals surface area contributed by atoms with E-state index < -0.39 is 26.1 Å². The molecular weight excluding hydrogens is 843 g/mol. The molecule has 384 valence electrons. The van der Waals surface area contributed by atoms with Crippen molar-refractivity contribution in [1.82, 2.24) is 5.32 Å². The van der Waals surface area contributed by atoms with Crippen molar-refractivity contribution in [3.05, 3.63) is 68.9 Å². The summed E-state index contributed by atoms with van der Waals surface area (Å²) in [6, 6.07) is 6.79. The fraction of sp³-hybridized carbons (Fsp3) is 0.811. The first-order valence-corrected chi connectivity index (χ1v) is 29.2. The normalized spacial score (nSPS) is 12.2. The van der Waals surface area contributed by atoms with Gasteiger partial charge in [-0.05, 0) is 68.5 Å². The average Bonchev–Trinajstić information content (AvgIpc) is 3.55. The molecule has 2 rings (SSSR count). The number of alkyl carbamates (subject to hydrolysis) is 1. The molecule has 0 aromatic heterocycles. The largest absolute Gasteiger partial charge is 0.444 e. The van der Waals surface area contributed by atoms with E-state index in [9.17, 15) is 9.59 Å². The topological polar surface area (TPSA) is 182 Å². The van der Waals surface area contributed by atoms with Gasteiger partial charge < -0.3 is 19.9 Å². The van der Waals surface area contributed by atoms with Gasteiger partial charge in [-0.15, -0.1) is 11.4 Å². The van der Waals surface area contributed by atoms with Crippen LogP contribution in [-0.4, -0.2) is 44.1 Å². The lowest BCUT2D eigenvalue weighted by molar-refractivity contribution is -0.0548. The van der Waals surface area contributed by atoms with Gasteiger partial charge in [0.2, 0.25) is 6.29 Å². The number of rotatable bonds is 32. The maximum Gasteiger partial charge on any atom is 0.407 e. The predicted molar refractivity (Wildman–Crippen MR) is 285 cm³/mol. The lowest BCUT2D eigenvalue weighted by Gasteiger charge is -2.19. The third-order valence-electron chi connectivity index (χ3n) is 10.1. The Morgan fingerprint density at radius 1 is 0.727 bits per heavy atom. The molecule has 0 saturated heterocycles. The van der Waals surface area contributed by atoms with Crippen LogP contribution < -0.4 is 5.32 Å². The Hall–Kier alpha value is -3.50. The Balaban J connectivity index is -0.000000375. The van der Waals surface area contributed by atoms with E-state index in [1.165, 1.54) is 173 Å². The smallest absolute Gasteiger partial charge is 0.407 e. The number of unbranched alkanes of at least 4 members (excludes halogenated alkanes) is 26. The Morgan fingerprint density at radius 2 is 1.14 bits per heavy atom. The number of esters is 1. The minimum atomic E-state index is -1.45. The van der Waals surface area contributed by atoms with E-state index in [4.69, 9.17) is 20.9 Å². The Labute approximate surface area is 407 Å². The first-order chi connectivity index (χ1) is 31.1. The monoisotopic (exact) mass is 946 g/mol. The number of fused-ring (bicyclic) bond motifs is 1. The molecule has 0 spiro atoms. The Bertz CT molecular complexity index is 1360. The maximum atomic E-state index is 11.4. The van der Waals surface area contributed by atoms with Gasteiger partial charge in [-0.3, -0.25) is 0 Å². The summed E-state index contributed by atoms with van der Waals surface area (Å²) in [4.78, 5) is 27.7.